The van der Waals surface area contributed by atoms with Crippen LogP contribution in [0.1, 0.15) is 6.42 Å². The van der Waals surface area contributed by atoms with Crippen LogP contribution < -0.4 is 10.1 Å². The van der Waals surface area contributed by atoms with E-state index in [0.29, 0.717) is 6.10 Å². The molecule has 12 heavy (non-hydrogen) atoms. The average molecular weight is 249 g/mol. The lowest BCUT2D eigenvalue weighted by atomic mass is 10.3. The Hall–Kier alpha value is -0.130. The number of thiazole rings is 1. The maximum atomic E-state index is 5.61. The molecule has 0 bridgehead atoms. The summed E-state index contributed by atoms with van der Waals surface area (Å²) in [7, 11) is 0. The second kappa shape index (κ2) is 3.72. The van der Waals surface area contributed by atoms with Gasteiger partial charge in [0, 0.05) is 11.9 Å². The summed E-state index contributed by atoms with van der Waals surface area (Å²) < 4.78 is 6.47. The monoisotopic (exact) mass is 248 g/mol. The molecule has 0 aromatic carbocycles. The van der Waals surface area contributed by atoms with Crippen LogP contribution in [0.15, 0.2) is 9.98 Å². The Bertz CT molecular complexity index is 260. The number of rotatable bonds is 2. The van der Waals surface area contributed by atoms with Gasteiger partial charge in [0.25, 0.3) is 5.19 Å². The molecule has 0 aliphatic carbocycles. The van der Waals surface area contributed by atoms with Crippen molar-refractivity contribution in [2.45, 2.75) is 12.5 Å². The molecule has 1 atom stereocenters. The molecule has 2 heterocycles. The fraction of sp³-hybridized carbons (Fsp3) is 0.571. The zero-order valence-electron chi connectivity index (χ0n) is 6.42. The summed E-state index contributed by atoms with van der Waals surface area (Å²) in [5.41, 5.74) is 0. The van der Waals surface area contributed by atoms with Crippen LogP contribution >= 0.6 is 27.3 Å². The van der Waals surface area contributed by atoms with Gasteiger partial charge in [-0.3, -0.25) is 0 Å². The number of hydrogen-bond acceptors (Lipinski definition) is 4. The molecule has 1 aromatic rings. The Morgan fingerprint density at radius 1 is 1.75 bits per heavy atom. The number of nitrogens with zero attached hydrogens (tertiary/aromatic N) is 1. The third-order valence-corrected chi connectivity index (χ3v) is 3.18. The molecule has 0 saturated carbocycles. The Morgan fingerprint density at radius 2 is 2.67 bits per heavy atom. The predicted octanol–water partition coefficient (Wildman–Crippen LogP) is 1.65. The SMILES string of the molecule is Brc1csc(OC2CCNC2)n1. The predicted molar refractivity (Wildman–Crippen MR) is 51.7 cm³/mol. The van der Waals surface area contributed by atoms with Crippen LogP contribution in [0.4, 0.5) is 0 Å². The van der Waals surface area contributed by atoms with Crippen molar-refractivity contribution in [1.29, 1.82) is 0 Å². The first-order valence-corrected chi connectivity index (χ1v) is 5.50. The van der Waals surface area contributed by atoms with Crippen LogP contribution in [0.3, 0.4) is 0 Å². The number of halogens is 1. The maximum absolute atomic E-state index is 5.61. The van der Waals surface area contributed by atoms with Crippen molar-refractivity contribution in [2.75, 3.05) is 13.1 Å². The van der Waals surface area contributed by atoms with Crippen molar-refractivity contribution in [3.8, 4) is 5.19 Å². The minimum absolute atomic E-state index is 0.308. The van der Waals surface area contributed by atoms with Crippen molar-refractivity contribution in [2.24, 2.45) is 0 Å². The molecule has 0 radical (unpaired) electrons. The molecular weight excluding hydrogens is 240 g/mol. The largest absolute Gasteiger partial charge is 0.465 e. The summed E-state index contributed by atoms with van der Waals surface area (Å²) in [5, 5.41) is 5.93. The van der Waals surface area contributed by atoms with E-state index >= 15 is 0 Å². The third kappa shape index (κ3) is 1.97. The maximum Gasteiger partial charge on any atom is 0.274 e. The molecule has 1 fully saturated rings. The molecule has 5 heteroatoms. The highest BCUT2D eigenvalue weighted by molar-refractivity contribution is 9.10. The highest BCUT2D eigenvalue weighted by Gasteiger charge is 2.16. The molecule has 0 spiro atoms. The van der Waals surface area contributed by atoms with Gasteiger partial charge in [0.1, 0.15) is 10.7 Å². The highest BCUT2D eigenvalue weighted by Crippen LogP contribution is 2.23. The summed E-state index contributed by atoms with van der Waals surface area (Å²) in [6.45, 7) is 1.99. The van der Waals surface area contributed by atoms with Crippen LogP contribution in [-0.4, -0.2) is 24.2 Å². The Labute approximate surface area is 83.3 Å². The first-order valence-electron chi connectivity index (χ1n) is 3.83. The molecule has 1 unspecified atom stereocenters. The number of ether oxygens (including phenoxy) is 1. The smallest absolute Gasteiger partial charge is 0.274 e. The molecule has 3 nitrogen and oxygen atoms in total. The van der Waals surface area contributed by atoms with Crippen molar-refractivity contribution < 1.29 is 4.74 Å². The zero-order valence-corrected chi connectivity index (χ0v) is 8.82. The molecule has 0 amide bonds. The zero-order chi connectivity index (χ0) is 8.39. The molecule has 1 N–H and O–H groups in total. The summed E-state index contributed by atoms with van der Waals surface area (Å²) in [4.78, 5) is 4.16. The standard InChI is InChI=1S/C7H9BrN2OS/c8-6-4-12-7(10-6)11-5-1-2-9-3-5/h4-5,9H,1-3H2. The van der Waals surface area contributed by atoms with Gasteiger partial charge in [0.05, 0.1) is 0 Å². The molecular formula is C7H9BrN2OS. The van der Waals surface area contributed by atoms with Gasteiger partial charge >= 0.3 is 0 Å². The van der Waals surface area contributed by atoms with E-state index < -0.39 is 0 Å². The van der Waals surface area contributed by atoms with E-state index in [4.69, 9.17) is 4.74 Å². The van der Waals surface area contributed by atoms with Crippen molar-refractivity contribution in [1.82, 2.24) is 10.3 Å². The third-order valence-electron chi connectivity index (χ3n) is 1.74. The molecule has 2 rings (SSSR count). The van der Waals surface area contributed by atoms with Crippen molar-refractivity contribution in [3.05, 3.63) is 9.98 Å². The molecule has 1 saturated heterocycles. The van der Waals surface area contributed by atoms with E-state index in [9.17, 15) is 0 Å². The van der Waals surface area contributed by atoms with E-state index in [-0.39, 0.29) is 0 Å². The lowest BCUT2D eigenvalue weighted by Gasteiger charge is -2.07. The Balaban J connectivity index is 1.94. The minimum Gasteiger partial charge on any atom is -0.465 e. The van der Waals surface area contributed by atoms with Gasteiger partial charge in [-0.15, -0.1) is 0 Å². The van der Waals surface area contributed by atoms with Gasteiger partial charge in [-0.05, 0) is 28.9 Å². The normalized spacial score (nSPS) is 22.9. The number of hydrogen-bond donors (Lipinski definition) is 1. The van der Waals surface area contributed by atoms with Crippen LogP contribution in [-0.2, 0) is 0 Å². The lowest BCUT2D eigenvalue weighted by molar-refractivity contribution is 0.222. The van der Waals surface area contributed by atoms with E-state index in [1.54, 1.807) is 0 Å². The molecule has 1 aliphatic heterocycles. The fourth-order valence-corrected chi connectivity index (χ4v) is 2.32. The van der Waals surface area contributed by atoms with Crippen LogP contribution in [0.5, 0.6) is 5.19 Å². The van der Waals surface area contributed by atoms with Gasteiger partial charge in [0.2, 0.25) is 0 Å². The summed E-state index contributed by atoms with van der Waals surface area (Å²) in [6.07, 6.45) is 1.39. The van der Waals surface area contributed by atoms with Gasteiger partial charge in [-0.1, -0.05) is 11.3 Å². The molecule has 1 aliphatic rings. The number of aromatic nitrogens is 1. The van der Waals surface area contributed by atoms with Gasteiger partial charge in [-0.2, -0.15) is 4.98 Å². The van der Waals surface area contributed by atoms with Crippen LogP contribution in [0, 0.1) is 0 Å². The van der Waals surface area contributed by atoms with Gasteiger partial charge < -0.3 is 10.1 Å². The molecule has 66 valence electrons. The second-order valence-electron chi connectivity index (χ2n) is 2.67. The molecule has 1 aromatic heterocycles. The Kier molecular flexibility index (Phi) is 2.63. The van der Waals surface area contributed by atoms with Crippen molar-refractivity contribution in [3.63, 3.8) is 0 Å². The van der Waals surface area contributed by atoms with Gasteiger partial charge in [0.15, 0.2) is 0 Å². The van der Waals surface area contributed by atoms with Crippen LogP contribution in [0.25, 0.3) is 0 Å². The number of nitrogens with one attached hydrogen (secondary N) is 1. The highest BCUT2D eigenvalue weighted by atomic mass is 79.9. The lowest BCUT2D eigenvalue weighted by Crippen LogP contribution is -2.19. The minimum atomic E-state index is 0.308. The quantitative estimate of drug-likeness (QED) is 0.865. The van der Waals surface area contributed by atoms with Crippen molar-refractivity contribution >= 4 is 27.3 Å². The van der Waals surface area contributed by atoms with Crippen LogP contribution in [0.2, 0.25) is 0 Å². The van der Waals surface area contributed by atoms with E-state index in [2.05, 4.69) is 26.2 Å². The first-order chi connectivity index (χ1) is 5.84. The van der Waals surface area contributed by atoms with E-state index in [1.807, 2.05) is 5.38 Å². The summed E-state index contributed by atoms with van der Waals surface area (Å²) in [5.74, 6) is 0. The van der Waals surface area contributed by atoms with Gasteiger partial charge in [-0.25, -0.2) is 0 Å². The average Bonchev–Trinajstić information content (AvgIpc) is 2.63. The topological polar surface area (TPSA) is 34.1 Å². The van der Waals surface area contributed by atoms with E-state index in [0.717, 1.165) is 29.3 Å². The second-order valence-corrected chi connectivity index (χ2v) is 4.30. The first kappa shape index (κ1) is 8.47. The fourth-order valence-electron chi connectivity index (χ4n) is 1.16. The Morgan fingerprint density at radius 3 is 3.25 bits per heavy atom. The summed E-state index contributed by atoms with van der Waals surface area (Å²) in [6, 6.07) is 0. The van der Waals surface area contributed by atoms with E-state index in [1.165, 1.54) is 11.3 Å². The summed E-state index contributed by atoms with van der Waals surface area (Å²) >= 11 is 4.81.